The van der Waals surface area contributed by atoms with Gasteiger partial charge in [-0.1, -0.05) is 60.1 Å². The van der Waals surface area contributed by atoms with E-state index in [0.717, 1.165) is 64.2 Å². The fourth-order valence-electron chi connectivity index (χ4n) is 12.6. The SMILES string of the molecule is CC(=O)N[C@H]1[C@H](OC2CC[C@]3(C)[C@H]4CC=C5[C@@H]6CC(C)(C)CC[C@]6(C(=O)O)CC[C@@]5(C)[C@]4(C)CC[C@H]3C2(C)C)O[C@H](CO)[C@@H](O)[C@@H]1O. The molecule has 0 aromatic carbocycles. The Kier molecular flexibility index (Phi) is 8.65. The van der Waals surface area contributed by atoms with Crippen LogP contribution in [0.5, 0.6) is 0 Å². The second-order valence-electron chi connectivity index (χ2n) is 18.6. The smallest absolute Gasteiger partial charge is 0.310 e. The van der Waals surface area contributed by atoms with E-state index in [1.807, 2.05) is 0 Å². The van der Waals surface area contributed by atoms with Gasteiger partial charge in [-0.15, -0.1) is 0 Å². The number of amides is 1. The van der Waals surface area contributed by atoms with Crippen molar-refractivity contribution in [2.45, 2.75) is 156 Å². The number of carboxylic acids is 1. The van der Waals surface area contributed by atoms with Crippen LogP contribution in [0.3, 0.4) is 0 Å². The molecule has 47 heavy (non-hydrogen) atoms. The third-order valence-corrected chi connectivity index (χ3v) is 15.6. The summed E-state index contributed by atoms with van der Waals surface area (Å²) >= 11 is 0. The average Bonchev–Trinajstić information content (AvgIpc) is 2.97. The fraction of sp³-hybridized carbons (Fsp3) is 0.895. The molecule has 0 aromatic heterocycles. The molecule has 0 spiro atoms. The number of rotatable bonds is 5. The van der Waals surface area contributed by atoms with Crippen LogP contribution < -0.4 is 5.32 Å². The van der Waals surface area contributed by atoms with Crippen LogP contribution in [0, 0.1) is 50.2 Å². The number of aliphatic carboxylic acids is 1. The number of hydrogen-bond donors (Lipinski definition) is 5. The number of aliphatic hydroxyl groups is 3. The minimum Gasteiger partial charge on any atom is -0.481 e. The largest absolute Gasteiger partial charge is 0.481 e. The van der Waals surface area contributed by atoms with Gasteiger partial charge in [0.25, 0.3) is 0 Å². The standard InChI is InChI=1S/C38H61NO8/c1-21(41)39-28-30(43)29(42)24(20-40)46-31(28)47-27-12-13-35(6)25(34(27,4)5)11-14-37(8)26(35)10-9-22-23-19-33(2,3)15-17-38(23,32(44)45)18-16-36(22,37)7/h9,23-31,40,42-43H,10-20H2,1-8H3,(H,39,41)(H,44,45)/t23-,24+,25-,26+,27?,28+,29+,30+,31-,35-,36+,37+,38-/m0/s1. The van der Waals surface area contributed by atoms with Crippen LogP contribution in [0.25, 0.3) is 0 Å². The number of ether oxygens (including phenoxy) is 2. The number of carbonyl (C=O) groups is 2. The van der Waals surface area contributed by atoms with Crippen molar-refractivity contribution < 1.29 is 39.5 Å². The Morgan fingerprint density at radius 1 is 0.936 bits per heavy atom. The lowest BCUT2D eigenvalue weighted by atomic mass is 9.33. The number of carboxylic acid groups (broad SMARTS) is 1. The van der Waals surface area contributed by atoms with Crippen LogP contribution in [0.15, 0.2) is 11.6 Å². The highest BCUT2D eigenvalue weighted by atomic mass is 16.7. The molecule has 1 unspecified atom stereocenters. The predicted octanol–water partition coefficient (Wildman–Crippen LogP) is 5.20. The van der Waals surface area contributed by atoms with Gasteiger partial charge in [-0.3, -0.25) is 9.59 Å². The maximum Gasteiger partial charge on any atom is 0.310 e. The lowest BCUT2D eigenvalue weighted by Gasteiger charge is -2.71. The van der Waals surface area contributed by atoms with E-state index in [-0.39, 0.29) is 45.0 Å². The van der Waals surface area contributed by atoms with E-state index < -0.39 is 48.6 Å². The predicted molar refractivity (Wildman–Crippen MR) is 177 cm³/mol. The molecule has 13 atom stereocenters. The first kappa shape index (κ1) is 35.3. The summed E-state index contributed by atoms with van der Waals surface area (Å²) in [5.41, 5.74) is 0.733. The maximum absolute atomic E-state index is 13.0. The molecule has 266 valence electrons. The molecule has 1 amide bonds. The van der Waals surface area contributed by atoms with Crippen molar-refractivity contribution in [3.8, 4) is 0 Å². The topological polar surface area (TPSA) is 146 Å². The number of hydrogen-bond acceptors (Lipinski definition) is 7. The minimum atomic E-state index is -1.35. The van der Waals surface area contributed by atoms with Crippen molar-refractivity contribution in [2.75, 3.05) is 6.61 Å². The number of carbonyl (C=O) groups excluding carboxylic acids is 1. The van der Waals surface area contributed by atoms with Crippen LogP contribution in [-0.4, -0.2) is 75.7 Å². The van der Waals surface area contributed by atoms with Crippen LogP contribution in [-0.2, 0) is 19.1 Å². The van der Waals surface area contributed by atoms with Crippen molar-refractivity contribution >= 4 is 11.9 Å². The third-order valence-electron chi connectivity index (χ3n) is 15.6. The molecule has 9 heteroatoms. The maximum atomic E-state index is 13.0. The Morgan fingerprint density at radius 3 is 2.26 bits per heavy atom. The van der Waals surface area contributed by atoms with E-state index in [9.17, 15) is 30.0 Å². The first-order valence-corrected chi connectivity index (χ1v) is 18.3. The van der Waals surface area contributed by atoms with Gasteiger partial charge in [-0.25, -0.2) is 0 Å². The van der Waals surface area contributed by atoms with Crippen molar-refractivity contribution in [1.82, 2.24) is 5.32 Å². The first-order valence-electron chi connectivity index (χ1n) is 18.3. The van der Waals surface area contributed by atoms with Crippen LogP contribution in [0.4, 0.5) is 0 Å². The summed E-state index contributed by atoms with van der Waals surface area (Å²) in [4.78, 5) is 25.0. The Labute approximate surface area is 281 Å². The summed E-state index contributed by atoms with van der Waals surface area (Å²) in [6.07, 6.45) is 6.79. The van der Waals surface area contributed by atoms with Gasteiger partial charge in [0, 0.05) is 6.92 Å². The van der Waals surface area contributed by atoms with E-state index in [0.29, 0.717) is 11.8 Å². The minimum absolute atomic E-state index is 0.0440. The second kappa shape index (κ2) is 11.5. The highest BCUT2D eigenvalue weighted by molar-refractivity contribution is 5.76. The molecule has 6 rings (SSSR count). The molecule has 1 aliphatic heterocycles. The molecule has 1 saturated heterocycles. The molecule has 5 aliphatic carbocycles. The third kappa shape index (κ3) is 5.10. The molecular formula is C38H61NO8. The summed E-state index contributed by atoms with van der Waals surface area (Å²) in [6, 6.07) is -0.958. The molecule has 5 fully saturated rings. The summed E-state index contributed by atoms with van der Waals surface area (Å²) in [6.45, 7) is 17.6. The van der Waals surface area contributed by atoms with Crippen molar-refractivity contribution in [3.05, 3.63) is 11.6 Å². The highest BCUT2D eigenvalue weighted by Crippen LogP contribution is 2.76. The monoisotopic (exact) mass is 659 g/mol. The molecule has 6 aliphatic rings. The number of aliphatic hydroxyl groups excluding tert-OH is 3. The van der Waals surface area contributed by atoms with Crippen molar-refractivity contribution in [1.29, 1.82) is 0 Å². The fourth-order valence-corrected chi connectivity index (χ4v) is 12.6. The van der Waals surface area contributed by atoms with Gasteiger partial charge in [0.15, 0.2) is 6.29 Å². The molecular weight excluding hydrogens is 598 g/mol. The molecule has 4 saturated carbocycles. The Hall–Kier alpha value is -1.52. The zero-order valence-electron chi connectivity index (χ0n) is 30.0. The zero-order valence-corrected chi connectivity index (χ0v) is 30.0. The summed E-state index contributed by atoms with van der Waals surface area (Å²) in [7, 11) is 0. The van der Waals surface area contributed by atoms with Gasteiger partial charge in [0.1, 0.15) is 24.4 Å². The molecule has 9 nitrogen and oxygen atoms in total. The van der Waals surface area contributed by atoms with Gasteiger partial charge in [-0.2, -0.15) is 0 Å². The van der Waals surface area contributed by atoms with Crippen LogP contribution in [0.1, 0.15) is 120 Å². The highest BCUT2D eigenvalue weighted by Gasteiger charge is 2.69. The Bertz CT molecular complexity index is 1300. The van der Waals surface area contributed by atoms with E-state index in [1.54, 1.807) is 0 Å². The average molecular weight is 660 g/mol. The van der Waals surface area contributed by atoms with Crippen LogP contribution in [0.2, 0.25) is 0 Å². The van der Waals surface area contributed by atoms with E-state index >= 15 is 0 Å². The lowest BCUT2D eigenvalue weighted by molar-refractivity contribution is -0.306. The first-order chi connectivity index (χ1) is 21.8. The molecule has 0 aromatic rings. The molecule has 0 bridgehead atoms. The second-order valence-corrected chi connectivity index (χ2v) is 18.6. The Balaban J connectivity index is 1.29. The summed E-state index contributed by atoms with van der Waals surface area (Å²) < 4.78 is 12.7. The lowest BCUT2D eigenvalue weighted by Crippen LogP contribution is -2.67. The zero-order chi connectivity index (χ0) is 34.5. The number of fused-ring (bicyclic) bond motifs is 7. The van der Waals surface area contributed by atoms with E-state index in [1.165, 1.54) is 12.5 Å². The van der Waals surface area contributed by atoms with Gasteiger partial charge in [0.2, 0.25) is 5.91 Å². The summed E-state index contributed by atoms with van der Waals surface area (Å²) in [5, 5.41) is 44.7. The normalized spacial score (nSPS) is 50.1. The molecule has 1 heterocycles. The van der Waals surface area contributed by atoms with Crippen molar-refractivity contribution in [2.24, 2.45) is 50.2 Å². The summed E-state index contributed by atoms with van der Waals surface area (Å²) in [5.74, 6) is -0.0617. The van der Waals surface area contributed by atoms with Gasteiger partial charge in [0.05, 0.1) is 18.1 Å². The van der Waals surface area contributed by atoms with Gasteiger partial charge >= 0.3 is 5.97 Å². The van der Waals surface area contributed by atoms with Crippen LogP contribution >= 0.6 is 0 Å². The quantitative estimate of drug-likeness (QED) is 0.200. The van der Waals surface area contributed by atoms with Gasteiger partial charge < -0.3 is 35.2 Å². The molecule has 0 radical (unpaired) electrons. The Morgan fingerprint density at radius 2 is 1.62 bits per heavy atom. The number of allylic oxidation sites excluding steroid dienone is 2. The van der Waals surface area contributed by atoms with Crippen molar-refractivity contribution in [3.63, 3.8) is 0 Å². The van der Waals surface area contributed by atoms with E-state index in [4.69, 9.17) is 9.47 Å². The van der Waals surface area contributed by atoms with E-state index in [2.05, 4.69) is 59.9 Å². The number of nitrogens with one attached hydrogen (secondary N) is 1. The van der Waals surface area contributed by atoms with Gasteiger partial charge in [-0.05, 0) is 109 Å². The molecule has 5 N–H and O–H groups in total.